The lowest BCUT2D eigenvalue weighted by Crippen LogP contribution is -2.16. The summed E-state index contributed by atoms with van der Waals surface area (Å²) < 4.78 is 2.31. The fourth-order valence-electron chi connectivity index (χ4n) is 20.3. The third-order valence-corrected chi connectivity index (χ3v) is 27.6. The number of hydrogen-bond acceptors (Lipinski definition) is 5. The van der Waals surface area contributed by atoms with Crippen LogP contribution < -0.4 is 15.1 Å². The van der Waals surface area contributed by atoms with E-state index in [9.17, 15) is 10.5 Å². The van der Waals surface area contributed by atoms with Crippen molar-refractivity contribution >= 4 is 148 Å². The van der Waals surface area contributed by atoms with Crippen LogP contribution in [0.2, 0.25) is 0 Å². The van der Waals surface area contributed by atoms with E-state index in [4.69, 9.17) is 6.57 Å². The summed E-state index contributed by atoms with van der Waals surface area (Å²) in [5, 5.41) is 37.7. The standard InChI is InChI=1S/C72H50N4.C28H22N2.C16H8Br2/c1-71(2)59-26-8-6-24-55(59)69-61(71)28-14-30-65(69)75(53-22-12-19-50(42-53)48-17-10-16-45(40-48)44-73)63-38-34-46-33-37-58-64(39-35-47-32-36-57(63)67(46)68(47)58)76(54-23-13-20-51(43-54)49-18-11-21-52(41-49)74-5)66-31-15-29-62-70(66)56-25-7-9-27-60(56)72(62,3)4;1-28(2)24-13-4-3-12-23(24)27-25(28)14-7-15-26(27)30-22-11-6-10-21(17-22)20-9-5-8-19(16-20)18-29;17-13-8-4-10-2-6-12-14(18)7-3-9-1-5-11(13)16(10)15(9)12/h6-43H,1-4H3;3-17,30H,1-2H3;1-8H. The minimum Gasteiger partial charge on any atom is -0.355 e. The first-order valence-corrected chi connectivity index (χ1v) is 43.6. The summed E-state index contributed by atoms with van der Waals surface area (Å²) >= 11 is 7.30. The molecule has 6 nitrogen and oxygen atoms in total. The molecule has 23 rings (SSSR count). The fraction of sp³-hybridized carbons (Fsp3) is 0.0776. The van der Waals surface area contributed by atoms with Crippen molar-refractivity contribution in [1.82, 2.24) is 0 Å². The predicted molar refractivity (Wildman–Crippen MR) is 526 cm³/mol. The molecule has 0 aromatic heterocycles. The maximum atomic E-state index is 9.93. The Bertz CT molecular complexity index is 7560. The van der Waals surface area contributed by atoms with Gasteiger partial charge < -0.3 is 15.1 Å². The van der Waals surface area contributed by atoms with Crippen molar-refractivity contribution in [3.05, 3.63) is 435 Å². The Morgan fingerprint density at radius 3 is 1.09 bits per heavy atom. The lowest BCUT2D eigenvalue weighted by Gasteiger charge is -2.32. The molecule has 0 saturated heterocycles. The number of rotatable bonds is 11. The molecule has 0 fully saturated rings. The van der Waals surface area contributed by atoms with Crippen LogP contribution in [0.15, 0.2) is 379 Å². The summed E-state index contributed by atoms with van der Waals surface area (Å²) in [5.41, 5.74) is 31.9. The molecule has 8 heteroatoms. The molecule has 0 atom stereocenters. The van der Waals surface area contributed by atoms with Gasteiger partial charge in [-0.2, -0.15) is 10.5 Å². The molecule has 0 unspecified atom stereocenters. The average molecular weight is 1720 g/mol. The molecule has 0 bridgehead atoms. The Morgan fingerprint density at radius 1 is 0.298 bits per heavy atom. The highest BCUT2D eigenvalue weighted by atomic mass is 79.9. The van der Waals surface area contributed by atoms with Crippen molar-refractivity contribution in [2.75, 3.05) is 15.1 Å². The number of anilines is 8. The van der Waals surface area contributed by atoms with E-state index >= 15 is 0 Å². The van der Waals surface area contributed by atoms with Gasteiger partial charge in [0.05, 0.1) is 52.6 Å². The molecule has 20 aromatic carbocycles. The molecule has 0 radical (unpaired) electrons. The van der Waals surface area contributed by atoms with Crippen molar-refractivity contribution in [2.45, 2.75) is 57.8 Å². The zero-order valence-electron chi connectivity index (χ0n) is 69.2. The Hall–Kier alpha value is -14.7. The van der Waals surface area contributed by atoms with E-state index < -0.39 is 0 Å². The number of nitriles is 2. The molecule has 20 aromatic rings. The molecule has 3 aliphatic rings. The molecule has 3 aliphatic carbocycles. The molecular weight excluding hydrogens is 1640 g/mol. The van der Waals surface area contributed by atoms with Gasteiger partial charge in [-0.15, -0.1) is 0 Å². The van der Waals surface area contributed by atoms with Crippen LogP contribution >= 0.6 is 31.9 Å². The summed E-state index contributed by atoms with van der Waals surface area (Å²) in [4.78, 5) is 8.75. The Labute approximate surface area is 739 Å². The van der Waals surface area contributed by atoms with Crippen LogP contribution in [-0.2, 0) is 16.2 Å². The number of hydrogen-bond donors (Lipinski definition) is 1. The van der Waals surface area contributed by atoms with Gasteiger partial charge in [-0.25, -0.2) is 4.85 Å². The number of benzene rings is 20. The van der Waals surface area contributed by atoms with Gasteiger partial charge in [0, 0.05) is 75.4 Å². The second-order valence-electron chi connectivity index (χ2n) is 34.3. The molecular formula is C116H80Br2N6. The molecule has 0 aliphatic heterocycles. The van der Waals surface area contributed by atoms with Crippen molar-refractivity contribution in [3.8, 4) is 78.9 Å². The SMILES string of the molecule is Brc1ccc2ccc3c(Br)ccc4ccc1c2c43.CC1(C)c2ccccc2-c2c(Nc3cccc(-c4cccc(C#N)c4)c3)cccc21.[C-]#[N+]c1cccc(-c2cccc(N(c3cccc4c3-c3ccccc3C4(C)C)c3ccc4ccc5c(N(c6cccc(-c7cccc(C#N)c7)c6)c6cccc7c6-c6ccccc6C7(C)C)ccc6ccc3c4c65)c2)c1. The number of fused-ring (bicyclic) bond motifs is 9. The van der Waals surface area contributed by atoms with Gasteiger partial charge in [0.1, 0.15) is 0 Å². The number of nitrogens with one attached hydrogen (secondary N) is 1. The lowest BCUT2D eigenvalue weighted by molar-refractivity contribution is 0.660. The van der Waals surface area contributed by atoms with Crippen LogP contribution in [0.5, 0.6) is 0 Å². The zero-order chi connectivity index (χ0) is 84.4. The van der Waals surface area contributed by atoms with E-state index in [2.05, 4.69) is 415 Å². The molecule has 0 saturated carbocycles. The Morgan fingerprint density at radius 2 is 0.637 bits per heavy atom. The highest BCUT2D eigenvalue weighted by Gasteiger charge is 2.41. The first-order valence-electron chi connectivity index (χ1n) is 42.0. The van der Waals surface area contributed by atoms with E-state index in [1.165, 1.54) is 121 Å². The van der Waals surface area contributed by atoms with Gasteiger partial charge >= 0.3 is 0 Å². The van der Waals surface area contributed by atoms with Gasteiger partial charge in [0.2, 0.25) is 0 Å². The summed E-state index contributed by atoms with van der Waals surface area (Å²) in [6.45, 7) is 21.8. The van der Waals surface area contributed by atoms with E-state index in [0.29, 0.717) is 16.8 Å². The summed E-state index contributed by atoms with van der Waals surface area (Å²) in [7, 11) is 0. The van der Waals surface area contributed by atoms with Crippen LogP contribution in [0, 0.1) is 29.2 Å². The molecule has 1 N–H and O–H groups in total. The maximum absolute atomic E-state index is 9.93. The predicted octanol–water partition coefficient (Wildman–Crippen LogP) is 33.3. The summed E-state index contributed by atoms with van der Waals surface area (Å²) in [6, 6.07) is 137. The molecule has 0 spiro atoms. The topological polar surface area (TPSA) is 70.5 Å². The number of nitrogens with zero attached hydrogens (tertiary/aromatic N) is 5. The lowest BCUT2D eigenvalue weighted by atomic mass is 9.82. The minimum absolute atomic E-state index is 0.0107. The van der Waals surface area contributed by atoms with E-state index in [1.54, 1.807) is 0 Å². The van der Waals surface area contributed by atoms with E-state index in [0.717, 1.165) is 98.6 Å². The molecule has 0 amide bonds. The van der Waals surface area contributed by atoms with Crippen LogP contribution in [0.3, 0.4) is 0 Å². The average Bonchev–Trinajstić information content (AvgIpc) is 1.13. The van der Waals surface area contributed by atoms with Crippen LogP contribution in [0.1, 0.15) is 86.1 Å². The monoisotopic (exact) mass is 1710 g/mol. The van der Waals surface area contributed by atoms with Crippen molar-refractivity contribution < 1.29 is 0 Å². The quantitative estimate of drug-likeness (QED) is 0.103. The Kier molecular flexibility index (Phi) is 18.7. The van der Waals surface area contributed by atoms with E-state index in [-0.39, 0.29) is 16.2 Å². The minimum atomic E-state index is -0.198. The van der Waals surface area contributed by atoms with Crippen molar-refractivity contribution in [1.29, 1.82) is 10.5 Å². The second kappa shape index (κ2) is 30.2. The molecule has 588 valence electrons. The van der Waals surface area contributed by atoms with Crippen LogP contribution in [-0.4, -0.2) is 0 Å². The largest absolute Gasteiger partial charge is 0.355 e. The highest BCUT2D eigenvalue weighted by Crippen LogP contribution is 2.59. The third-order valence-electron chi connectivity index (χ3n) is 26.2. The van der Waals surface area contributed by atoms with Crippen LogP contribution in [0.4, 0.5) is 51.2 Å². The Balaban J connectivity index is 0.000000158. The normalized spacial score (nSPS) is 13.2. The number of halogens is 2. The smallest absolute Gasteiger partial charge is 0.187 e. The highest BCUT2D eigenvalue weighted by molar-refractivity contribution is 9.11. The van der Waals surface area contributed by atoms with Crippen molar-refractivity contribution in [3.63, 3.8) is 0 Å². The van der Waals surface area contributed by atoms with Gasteiger partial charge in [-0.05, 0) is 247 Å². The van der Waals surface area contributed by atoms with Gasteiger partial charge in [0.15, 0.2) is 5.69 Å². The molecule has 124 heavy (non-hydrogen) atoms. The third kappa shape index (κ3) is 12.6. The maximum Gasteiger partial charge on any atom is 0.187 e. The molecule has 0 heterocycles. The summed E-state index contributed by atoms with van der Waals surface area (Å²) in [5.74, 6) is 0. The fourth-order valence-corrected chi connectivity index (χ4v) is 21.2. The summed E-state index contributed by atoms with van der Waals surface area (Å²) in [6.07, 6.45) is 0. The van der Waals surface area contributed by atoms with Gasteiger partial charge in [0.25, 0.3) is 0 Å². The zero-order valence-corrected chi connectivity index (χ0v) is 72.4. The van der Waals surface area contributed by atoms with Gasteiger partial charge in [-0.1, -0.05) is 334 Å². The first-order chi connectivity index (χ1) is 60.4. The van der Waals surface area contributed by atoms with Gasteiger partial charge in [-0.3, -0.25) is 0 Å². The second-order valence-corrected chi connectivity index (χ2v) is 36.0. The van der Waals surface area contributed by atoms with E-state index in [1.807, 2.05) is 60.7 Å². The van der Waals surface area contributed by atoms with Crippen LogP contribution in [0.25, 0.3) is 136 Å². The van der Waals surface area contributed by atoms with Crippen molar-refractivity contribution in [2.24, 2.45) is 0 Å². The first kappa shape index (κ1) is 76.7.